The van der Waals surface area contributed by atoms with Crippen LogP contribution >= 0.6 is 0 Å². The maximum atomic E-state index is 12.8. The van der Waals surface area contributed by atoms with Crippen LogP contribution in [0.25, 0.3) is 0 Å². The Bertz CT molecular complexity index is 570. The Labute approximate surface area is 110 Å². The molecule has 1 fully saturated rings. The third kappa shape index (κ3) is 3.10. The third-order valence-electron chi connectivity index (χ3n) is 3.16. The van der Waals surface area contributed by atoms with E-state index in [-0.39, 0.29) is 23.8 Å². The summed E-state index contributed by atoms with van der Waals surface area (Å²) in [7, 11) is -3.65. The number of carboxylic acid groups (broad SMARTS) is 1. The monoisotopic (exact) mass is 287 g/mol. The first kappa shape index (κ1) is 14.0. The van der Waals surface area contributed by atoms with Crippen LogP contribution in [0.5, 0.6) is 0 Å². The van der Waals surface area contributed by atoms with E-state index in [0.29, 0.717) is 13.0 Å². The number of sulfonamides is 1. The highest BCUT2D eigenvalue weighted by Crippen LogP contribution is 2.26. The molecule has 19 heavy (non-hydrogen) atoms. The van der Waals surface area contributed by atoms with Crippen LogP contribution in [-0.4, -0.2) is 36.9 Å². The quantitative estimate of drug-likeness (QED) is 0.906. The lowest BCUT2D eigenvalue weighted by Crippen LogP contribution is -2.29. The first-order valence-corrected chi connectivity index (χ1v) is 7.31. The standard InChI is InChI=1S/C12H14FNO4S/c13-10-1-3-11(4-2-10)19(17,18)14-6-5-9(8-14)7-12(15)16/h1-4,9H,5-8H2,(H,15,16). The number of rotatable bonds is 4. The van der Waals surface area contributed by atoms with Crippen LogP contribution in [-0.2, 0) is 14.8 Å². The number of halogens is 1. The Hall–Kier alpha value is -1.47. The molecular weight excluding hydrogens is 273 g/mol. The molecule has 1 saturated heterocycles. The molecule has 5 nitrogen and oxygen atoms in total. The second-order valence-electron chi connectivity index (χ2n) is 4.57. The van der Waals surface area contributed by atoms with Crippen LogP contribution in [0, 0.1) is 11.7 Å². The fourth-order valence-corrected chi connectivity index (χ4v) is 3.72. The highest BCUT2D eigenvalue weighted by Gasteiger charge is 2.33. The summed E-state index contributed by atoms with van der Waals surface area (Å²) >= 11 is 0. The second-order valence-corrected chi connectivity index (χ2v) is 6.51. The molecule has 0 bridgehead atoms. The first-order valence-electron chi connectivity index (χ1n) is 5.87. The molecule has 1 heterocycles. The third-order valence-corrected chi connectivity index (χ3v) is 5.04. The maximum absolute atomic E-state index is 12.8. The molecule has 1 N–H and O–H groups in total. The Morgan fingerprint density at radius 2 is 2.00 bits per heavy atom. The van der Waals surface area contributed by atoms with Crippen molar-refractivity contribution in [2.24, 2.45) is 5.92 Å². The van der Waals surface area contributed by atoms with Crippen molar-refractivity contribution in [2.75, 3.05) is 13.1 Å². The van der Waals surface area contributed by atoms with Gasteiger partial charge in [0.25, 0.3) is 0 Å². The van der Waals surface area contributed by atoms with Crippen LogP contribution in [0.1, 0.15) is 12.8 Å². The van der Waals surface area contributed by atoms with Gasteiger partial charge in [-0.05, 0) is 36.6 Å². The summed E-state index contributed by atoms with van der Waals surface area (Å²) in [5.41, 5.74) is 0. The first-order chi connectivity index (χ1) is 8.89. The number of benzene rings is 1. The van der Waals surface area contributed by atoms with Gasteiger partial charge in [-0.3, -0.25) is 4.79 Å². The van der Waals surface area contributed by atoms with Crippen molar-refractivity contribution in [3.8, 4) is 0 Å². The van der Waals surface area contributed by atoms with E-state index in [1.54, 1.807) is 0 Å². The average Bonchev–Trinajstić information content (AvgIpc) is 2.78. The lowest BCUT2D eigenvalue weighted by atomic mass is 10.1. The predicted molar refractivity (Wildman–Crippen MR) is 65.5 cm³/mol. The smallest absolute Gasteiger partial charge is 0.303 e. The summed E-state index contributed by atoms with van der Waals surface area (Å²) in [4.78, 5) is 10.6. The maximum Gasteiger partial charge on any atom is 0.303 e. The zero-order chi connectivity index (χ0) is 14.0. The Morgan fingerprint density at radius 3 is 2.58 bits per heavy atom. The molecule has 1 unspecified atom stereocenters. The molecule has 0 amide bonds. The number of carboxylic acids is 1. The molecule has 1 aliphatic heterocycles. The van der Waals surface area contributed by atoms with E-state index >= 15 is 0 Å². The fourth-order valence-electron chi connectivity index (χ4n) is 2.18. The molecule has 104 valence electrons. The van der Waals surface area contributed by atoms with Gasteiger partial charge in [0.2, 0.25) is 10.0 Å². The summed E-state index contributed by atoms with van der Waals surface area (Å²) in [6, 6.07) is 4.62. The molecule has 1 aromatic carbocycles. The Morgan fingerprint density at radius 1 is 1.37 bits per heavy atom. The molecule has 7 heteroatoms. The Kier molecular flexibility index (Phi) is 3.86. The fraction of sp³-hybridized carbons (Fsp3) is 0.417. The van der Waals surface area contributed by atoms with Crippen LogP contribution < -0.4 is 0 Å². The molecule has 0 aliphatic carbocycles. The van der Waals surface area contributed by atoms with E-state index in [1.807, 2.05) is 0 Å². The average molecular weight is 287 g/mol. The number of hydrogen-bond donors (Lipinski definition) is 1. The van der Waals surface area contributed by atoms with Crippen molar-refractivity contribution in [3.63, 3.8) is 0 Å². The zero-order valence-corrected chi connectivity index (χ0v) is 10.9. The largest absolute Gasteiger partial charge is 0.481 e. The number of hydrogen-bond acceptors (Lipinski definition) is 3. The molecule has 0 saturated carbocycles. The van der Waals surface area contributed by atoms with Crippen molar-refractivity contribution >= 4 is 16.0 Å². The van der Waals surface area contributed by atoms with E-state index in [9.17, 15) is 17.6 Å². The normalized spacial score (nSPS) is 20.6. The van der Waals surface area contributed by atoms with Crippen LogP contribution in [0.2, 0.25) is 0 Å². The van der Waals surface area contributed by atoms with Crippen molar-refractivity contribution in [1.29, 1.82) is 0 Å². The summed E-state index contributed by atoms with van der Waals surface area (Å²) in [5.74, 6) is -1.58. The molecular formula is C12H14FNO4S. The van der Waals surface area contributed by atoms with Crippen LogP contribution in [0.15, 0.2) is 29.2 Å². The van der Waals surface area contributed by atoms with E-state index in [0.717, 1.165) is 12.1 Å². The second kappa shape index (κ2) is 5.26. The topological polar surface area (TPSA) is 74.7 Å². The molecule has 0 radical (unpaired) electrons. The van der Waals surface area contributed by atoms with Gasteiger partial charge in [-0.2, -0.15) is 4.31 Å². The van der Waals surface area contributed by atoms with Gasteiger partial charge in [0.15, 0.2) is 0 Å². The van der Waals surface area contributed by atoms with Gasteiger partial charge in [-0.1, -0.05) is 0 Å². The Balaban J connectivity index is 2.13. The zero-order valence-electron chi connectivity index (χ0n) is 10.1. The number of aliphatic carboxylic acids is 1. The molecule has 0 spiro atoms. The van der Waals surface area contributed by atoms with E-state index in [2.05, 4.69) is 0 Å². The summed E-state index contributed by atoms with van der Waals surface area (Å²) < 4.78 is 38.5. The lowest BCUT2D eigenvalue weighted by molar-refractivity contribution is -0.137. The summed E-state index contributed by atoms with van der Waals surface area (Å²) in [6.45, 7) is 0.504. The van der Waals surface area contributed by atoms with Gasteiger partial charge in [-0.15, -0.1) is 0 Å². The van der Waals surface area contributed by atoms with Crippen molar-refractivity contribution < 1.29 is 22.7 Å². The highest BCUT2D eigenvalue weighted by atomic mass is 32.2. The van der Waals surface area contributed by atoms with Gasteiger partial charge in [0, 0.05) is 19.5 Å². The van der Waals surface area contributed by atoms with Crippen LogP contribution in [0.4, 0.5) is 4.39 Å². The highest BCUT2D eigenvalue weighted by molar-refractivity contribution is 7.89. The SMILES string of the molecule is O=C(O)CC1CCN(S(=O)(=O)c2ccc(F)cc2)C1. The number of nitrogens with zero attached hydrogens (tertiary/aromatic N) is 1. The molecule has 2 rings (SSSR count). The molecule has 1 aromatic rings. The summed E-state index contributed by atoms with van der Waals surface area (Å²) in [5, 5.41) is 8.70. The van der Waals surface area contributed by atoms with E-state index < -0.39 is 21.8 Å². The van der Waals surface area contributed by atoms with Crippen LogP contribution in [0.3, 0.4) is 0 Å². The van der Waals surface area contributed by atoms with Gasteiger partial charge in [-0.25, -0.2) is 12.8 Å². The predicted octanol–water partition coefficient (Wildman–Crippen LogP) is 1.31. The van der Waals surface area contributed by atoms with E-state index in [4.69, 9.17) is 5.11 Å². The van der Waals surface area contributed by atoms with Gasteiger partial charge >= 0.3 is 5.97 Å². The van der Waals surface area contributed by atoms with Gasteiger partial charge in [0.05, 0.1) is 4.90 Å². The lowest BCUT2D eigenvalue weighted by Gasteiger charge is -2.16. The molecule has 0 aromatic heterocycles. The van der Waals surface area contributed by atoms with Gasteiger partial charge < -0.3 is 5.11 Å². The van der Waals surface area contributed by atoms with Gasteiger partial charge in [0.1, 0.15) is 5.82 Å². The minimum absolute atomic E-state index is 0.0323. The van der Waals surface area contributed by atoms with Crippen molar-refractivity contribution in [1.82, 2.24) is 4.31 Å². The molecule has 1 aliphatic rings. The van der Waals surface area contributed by atoms with Crippen molar-refractivity contribution in [3.05, 3.63) is 30.1 Å². The molecule has 1 atom stereocenters. The minimum atomic E-state index is -3.65. The number of carbonyl (C=O) groups is 1. The minimum Gasteiger partial charge on any atom is -0.481 e. The summed E-state index contributed by atoms with van der Waals surface area (Å²) in [6.07, 6.45) is 0.502. The van der Waals surface area contributed by atoms with Crippen molar-refractivity contribution in [2.45, 2.75) is 17.7 Å². The van der Waals surface area contributed by atoms with E-state index in [1.165, 1.54) is 16.4 Å².